The molecular weight excluding hydrogens is 151 g/mol. The standard InChI is InChI=1S/C3H10O3Si.K.H/c1-4-7(5-2)6-3;;/h7H,1-3H3;;/q;+1;-1. The predicted octanol–water partition coefficient (Wildman–Crippen LogP) is -3.24. The van der Waals surface area contributed by atoms with Crippen molar-refractivity contribution in [3.05, 3.63) is 0 Å². The quantitative estimate of drug-likeness (QED) is 0.408. The van der Waals surface area contributed by atoms with Crippen LogP contribution in [0.5, 0.6) is 0 Å². The van der Waals surface area contributed by atoms with Gasteiger partial charge in [0.2, 0.25) is 0 Å². The van der Waals surface area contributed by atoms with E-state index in [1.807, 2.05) is 0 Å². The molecule has 0 aromatic rings. The van der Waals surface area contributed by atoms with E-state index < -0.39 is 9.53 Å². The first-order valence-electron chi connectivity index (χ1n) is 1.93. The van der Waals surface area contributed by atoms with Gasteiger partial charge in [-0.2, -0.15) is 0 Å². The number of hydrogen-bond donors (Lipinski definition) is 0. The second-order valence-corrected chi connectivity index (χ2v) is 2.99. The molecule has 0 amide bonds. The summed E-state index contributed by atoms with van der Waals surface area (Å²) in [6.07, 6.45) is 0. The minimum atomic E-state index is -1.67. The molecule has 0 aliphatic rings. The van der Waals surface area contributed by atoms with Crippen molar-refractivity contribution in [2.45, 2.75) is 0 Å². The smallest absolute Gasteiger partial charge is 1.00 e. The molecule has 0 rings (SSSR count). The van der Waals surface area contributed by atoms with Crippen molar-refractivity contribution in [3.63, 3.8) is 0 Å². The zero-order valence-corrected chi connectivity index (χ0v) is 10.1. The first-order chi connectivity index (χ1) is 3.35. The van der Waals surface area contributed by atoms with Crippen LogP contribution >= 0.6 is 0 Å². The van der Waals surface area contributed by atoms with E-state index in [9.17, 15) is 0 Å². The Morgan fingerprint density at radius 1 is 1.00 bits per heavy atom. The van der Waals surface area contributed by atoms with Gasteiger partial charge in [0.25, 0.3) is 0 Å². The predicted molar refractivity (Wildman–Crippen MR) is 29.3 cm³/mol. The second kappa shape index (κ2) is 8.73. The summed E-state index contributed by atoms with van der Waals surface area (Å²) < 4.78 is 14.2. The topological polar surface area (TPSA) is 27.7 Å². The van der Waals surface area contributed by atoms with Crippen LogP contribution in [0, 0.1) is 0 Å². The van der Waals surface area contributed by atoms with Gasteiger partial charge in [0.05, 0.1) is 0 Å². The molecule has 0 radical (unpaired) electrons. The summed E-state index contributed by atoms with van der Waals surface area (Å²) in [6.45, 7) is 0. The van der Waals surface area contributed by atoms with Gasteiger partial charge in [-0.15, -0.1) is 0 Å². The maximum absolute atomic E-state index is 4.74. The largest absolute Gasteiger partial charge is 1.00 e. The third kappa shape index (κ3) is 5.86. The molecular formula is C3H11KO3Si. The SMILES string of the molecule is CO[SiH](OC)OC.[H-].[K+]. The van der Waals surface area contributed by atoms with Crippen LogP contribution in [0.1, 0.15) is 1.43 Å². The fourth-order valence-corrected chi connectivity index (χ4v) is 0.866. The summed E-state index contributed by atoms with van der Waals surface area (Å²) in [7, 11) is 3.05. The Labute approximate surface area is 95.6 Å². The van der Waals surface area contributed by atoms with Crippen molar-refractivity contribution in [3.8, 4) is 0 Å². The third-order valence-electron chi connectivity index (χ3n) is 0.577. The van der Waals surface area contributed by atoms with Crippen LogP contribution in [0.3, 0.4) is 0 Å². The van der Waals surface area contributed by atoms with Gasteiger partial charge in [0.15, 0.2) is 0 Å². The van der Waals surface area contributed by atoms with Crippen LogP contribution in [0.2, 0.25) is 0 Å². The Morgan fingerprint density at radius 2 is 1.25 bits per heavy atom. The Bertz CT molecular complexity index is 40.5. The molecule has 0 saturated heterocycles. The molecule has 0 aromatic carbocycles. The zero-order chi connectivity index (χ0) is 5.70. The molecule has 0 saturated carbocycles. The van der Waals surface area contributed by atoms with Crippen molar-refractivity contribution >= 4 is 9.53 Å². The molecule has 0 aliphatic carbocycles. The molecule has 0 aromatic heterocycles. The maximum Gasteiger partial charge on any atom is 1.00 e. The van der Waals surface area contributed by atoms with Crippen molar-refractivity contribution in [2.24, 2.45) is 0 Å². The molecule has 0 heterocycles. The van der Waals surface area contributed by atoms with Gasteiger partial charge in [0, 0.05) is 21.3 Å². The molecule has 0 unspecified atom stereocenters. The maximum atomic E-state index is 4.74. The van der Waals surface area contributed by atoms with Crippen LogP contribution in [0.15, 0.2) is 0 Å². The molecule has 0 aliphatic heterocycles. The molecule has 3 nitrogen and oxygen atoms in total. The van der Waals surface area contributed by atoms with Crippen molar-refractivity contribution < 1.29 is 66.1 Å². The molecule has 8 heavy (non-hydrogen) atoms. The van der Waals surface area contributed by atoms with Crippen molar-refractivity contribution in [1.29, 1.82) is 0 Å². The van der Waals surface area contributed by atoms with E-state index in [0.29, 0.717) is 0 Å². The molecule has 5 heteroatoms. The van der Waals surface area contributed by atoms with Crippen molar-refractivity contribution in [2.75, 3.05) is 21.3 Å². The number of hydrogen-bond acceptors (Lipinski definition) is 3. The minimum absolute atomic E-state index is 0. The van der Waals surface area contributed by atoms with Gasteiger partial charge in [-0.25, -0.2) is 0 Å². The van der Waals surface area contributed by atoms with E-state index in [4.69, 9.17) is 13.3 Å². The summed E-state index contributed by atoms with van der Waals surface area (Å²) in [4.78, 5) is 0. The molecule has 0 bridgehead atoms. The summed E-state index contributed by atoms with van der Waals surface area (Å²) in [5.41, 5.74) is 0. The van der Waals surface area contributed by atoms with Gasteiger partial charge >= 0.3 is 60.9 Å². The van der Waals surface area contributed by atoms with E-state index in [0.717, 1.165) is 0 Å². The van der Waals surface area contributed by atoms with E-state index in [1.54, 1.807) is 21.3 Å². The molecule has 46 valence electrons. The van der Waals surface area contributed by atoms with Crippen LogP contribution in [-0.4, -0.2) is 30.9 Å². The average molecular weight is 162 g/mol. The van der Waals surface area contributed by atoms with Crippen LogP contribution in [-0.2, 0) is 13.3 Å². The average Bonchev–Trinajstić information content (AvgIpc) is 1.72. The van der Waals surface area contributed by atoms with Gasteiger partial charge < -0.3 is 14.7 Å². The van der Waals surface area contributed by atoms with Gasteiger partial charge in [-0.1, -0.05) is 0 Å². The number of rotatable bonds is 3. The summed E-state index contributed by atoms with van der Waals surface area (Å²) >= 11 is 0. The van der Waals surface area contributed by atoms with Crippen LogP contribution in [0.4, 0.5) is 0 Å². The zero-order valence-electron chi connectivity index (χ0n) is 6.80. The Morgan fingerprint density at radius 3 is 1.25 bits per heavy atom. The fourth-order valence-electron chi connectivity index (χ4n) is 0.289. The van der Waals surface area contributed by atoms with E-state index in [-0.39, 0.29) is 52.8 Å². The van der Waals surface area contributed by atoms with Crippen LogP contribution < -0.4 is 51.4 Å². The molecule has 0 atom stereocenters. The van der Waals surface area contributed by atoms with E-state index in [1.165, 1.54) is 0 Å². The van der Waals surface area contributed by atoms with Crippen molar-refractivity contribution in [1.82, 2.24) is 0 Å². The second-order valence-electron chi connectivity index (χ2n) is 0.996. The Hall–Kier alpha value is 1.73. The summed E-state index contributed by atoms with van der Waals surface area (Å²) in [6, 6.07) is 0. The molecule has 0 N–H and O–H groups in total. The van der Waals surface area contributed by atoms with Crippen LogP contribution in [0.25, 0.3) is 0 Å². The van der Waals surface area contributed by atoms with E-state index in [2.05, 4.69) is 0 Å². The summed E-state index contributed by atoms with van der Waals surface area (Å²) in [5.74, 6) is 0. The Balaban J connectivity index is -0.000000180. The molecule has 0 spiro atoms. The van der Waals surface area contributed by atoms with E-state index >= 15 is 0 Å². The van der Waals surface area contributed by atoms with Gasteiger partial charge in [-0.3, -0.25) is 0 Å². The van der Waals surface area contributed by atoms with Gasteiger partial charge in [-0.05, 0) is 0 Å². The minimum Gasteiger partial charge on any atom is -1.00 e. The molecule has 0 fully saturated rings. The first kappa shape index (κ1) is 12.4. The monoisotopic (exact) mass is 162 g/mol. The Kier molecular flexibility index (Phi) is 13.6. The van der Waals surface area contributed by atoms with Gasteiger partial charge in [0.1, 0.15) is 0 Å². The summed E-state index contributed by atoms with van der Waals surface area (Å²) in [5, 5.41) is 0. The first-order valence-corrected chi connectivity index (χ1v) is 3.35. The normalized spacial score (nSPS) is 9.00. The third-order valence-corrected chi connectivity index (χ3v) is 1.73. The fraction of sp³-hybridized carbons (Fsp3) is 1.00.